The summed E-state index contributed by atoms with van der Waals surface area (Å²) in [4.78, 5) is 13.8. The molecule has 5 nitrogen and oxygen atoms in total. The van der Waals surface area contributed by atoms with Gasteiger partial charge >= 0.3 is 0 Å². The zero-order valence-electron chi connectivity index (χ0n) is 12.0. The Balaban J connectivity index is 2.11. The van der Waals surface area contributed by atoms with Crippen LogP contribution in [-0.2, 0) is 6.54 Å². The van der Waals surface area contributed by atoms with Gasteiger partial charge in [0.05, 0.1) is 6.20 Å². The maximum atomic E-state index is 12.3. The van der Waals surface area contributed by atoms with Crippen molar-refractivity contribution in [3.8, 4) is 11.8 Å². The highest BCUT2D eigenvalue weighted by Crippen LogP contribution is 2.12. The van der Waals surface area contributed by atoms with Crippen molar-refractivity contribution in [1.82, 2.24) is 10.1 Å². The molecule has 0 fully saturated rings. The van der Waals surface area contributed by atoms with Gasteiger partial charge in [0.2, 0.25) is 0 Å². The lowest BCUT2D eigenvalue weighted by atomic mass is 10.1. The van der Waals surface area contributed by atoms with Crippen molar-refractivity contribution in [1.29, 1.82) is 0 Å². The first-order valence-corrected chi connectivity index (χ1v) is 6.47. The number of nitrogens with zero attached hydrogens (tertiary/aromatic N) is 2. The number of aryl methyl sites for hydroxylation is 1. The second-order valence-electron chi connectivity index (χ2n) is 4.62. The number of aliphatic hydroxyl groups excluding tert-OH is 1. The second kappa shape index (κ2) is 6.73. The number of carbonyl (C=O) groups is 1. The molecule has 0 aliphatic rings. The van der Waals surface area contributed by atoms with Crippen molar-refractivity contribution in [2.24, 2.45) is 0 Å². The average molecular weight is 284 g/mol. The predicted octanol–water partition coefficient (Wildman–Crippen LogP) is 1.60. The highest BCUT2D eigenvalue weighted by molar-refractivity contribution is 5.94. The van der Waals surface area contributed by atoms with Crippen LogP contribution in [0.25, 0.3) is 0 Å². The number of hydrogen-bond donors (Lipinski definition) is 1. The van der Waals surface area contributed by atoms with Crippen LogP contribution >= 0.6 is 0 Å². The van der Waals surface area contributed by atoms with E-state index in [0.717, 1.165) is 11.1 Å². The molecule has 2 rings (SSSR count). The van der Waals surface area contributed by atoms with Crippen molar-refractivity contribution in [3.63, 3.8) is 0 Å². The monoisotopic (exact) mass is 284 g/mol. The number of rotatable bonds is 3. The van der Waals surface area contributed by atoms with E-state index in [2.05, 4.69) is 17.0 Å². The predicted molar refractivity (Wildman–Crippen MR) is 77.4 cm³/mol. The Morgan fingerprint density at radius 1 is 1.48 bits per heavy atom. The third-order valence-corrected chi connectivity index (χ3v) is 2.99. The summed E-state index contributed by atoms with van der Waals surface area (Å²) >= 11 is 0. The van der Waals surface area contributed by atoms with Crippen LogP contribution in [0.2, 0.25) is 0 Å². The molecule has 0 bridgehead atoms. The minimum Gasteiger partial charge on any atom is -0.384 e. The molecular formula is C16H16N2O3. The maximum absolute atomic E-state index is 12.3. The fraction of sp³-hybridized carbons (Fsp3) is 0.250. The summed E-state index contributed by atoms with van der Waals surface area (Å²) in [6, 6.07) is 7.55. The van der Waals surface area contributed by atoms with Crippen molar-refractivity contribution in [2.45, 2.75) is 13.5 Å². The van der Waals surface area contributed by atoms with Gasteiger partial charge in [0.15, 0.2) is 0 Å². The lowest BCUT2D eigenvalue weighted by molar-refractivity contribution is 0.0783. The number of benzene rings is 1. The van der Waals surface area contributed by atoms with E-state index in [4.69, 9.17) is 9.63 Å². The molecule has 108 valence electrons. The van der Waals surface area contributed by atoms with Crippen LogP contribution in [0, 0.1) is 18.8 Å². The number of carbonyl (C=O) groups excluding carboxylic acids is 1. The van der Waals surface area contributed by atoms with Gasteiger partial charge in [-0.2, -0.15) is 0 Å². The summed E-state index contributed by atoms with van der Waals surface area (Å²) in [6.07, 6.45) is 1.43. The molecule has 0 saturated heterocycles. The Hall–Kier alpha value is -2.58. The highest BCUT2D eigenvalue weighted by atomic mass is 16.5. The number of hydrogen-bond acceptors (Lipinski definition) is 4. The molecule has 1 heterocycles. The standard InChI is InChI=1S/C16H16N2O3/c1-12-15(10-17-21-12)16(20)18(2)11-14-6-3-5-13(9-14)7-4-8-19/h3,5-6,9-10,19H,8,11H2,1-2H3. The molecule has 0 atom stereocenters. The summed E-state index contributed by atoms with van der Waals surface area (Å²) in [5, 5.41) is 12.3. The van der Waals surface area contributed by atoms with Crippen molar-refractivity contribution in [3.05, 3.63) is 52.9 Å². The van der Waals surface area contributed by atoms with Gasteiger partial charge in [0.1, 0.15) is 17.9 Å². The van der Waals surface area contributed by atoms with Crippen LogP contribution in [0.3, 0.4) is 0 Å². The van der Waals surface area contributed by atoms with Crippen LogP contribution in [0.1, 0.15) is 27.2 Å². The third kappa shape index (κ3) is 3.71. The molecule has 0 saturated carbocycles. The van der Waals surface area contributed by atoms with Crippen molar-refractivity contribution >= 4 is 5.91 Å². The first-order valence-electron chi connectivity index (χ1n) is 6.47. The Morgan fingerprint density at radius 3 is 2.95 bits per heavy atom. The van der Waals surface area contributed by atoms with Gasteiger partial charge in [-0.15, -0.1) is 0 Å². The second-order valence-corrected chi connectivity index (χ2v) is 4.62. The molecule has 0 radical (unpaired) electrons. The normalized spacial score (nSPS) is 9.86. The van der Waals surface area contributed by atoms with Gasteiger partial charge in [0, 0.05) is 19.2 Å². The van der Waals surface area contributed by atoms with Crippen molar-refractivity contribution < 1.29 is 14.4 Å². The van der Waals surface area contributed by atoms with Gasteiger partial charge in [0.25, 0.3) is 5.91 Å². The molecule has 0 aliphatic carbocycles. The van der Waals surface area contributed by atoms with Crippen LogP contribution in [0.5, 0.6) is 0 Å². The Morgan fingerprint density at radius 2 is 2.29 bits per heavy atom. The lowest BCUT2D eigenvalue weighted by Crippen LogP contribution is -2.26. The molecule has 1 amide bonds. The minimum atomic E-state index is -0.171. The Bertz CT molecular complexity index is 695. The molecule has 21 heavy (non-hydrogen) atoms. The van der Waals surface area contributed by atoms with Gasteiger partial charge in [-0.3, -0.25) is 4.79 Å². The molecule has 1 N–H and O–H groups in total. The molecule has 5 heteroatoms. The topological polar surface area (TPSA) is 66.6 Å². The van der Waals surface area contributed by atoms with Gasteiger partial charge < -0.3 is 14.5 Å². The quantitative estimate of drug-likeness (QED) is 0.869. The summed E-state index contributed by atoms with van der Waals surface area (Å²) < 4.78 is 4.91. The lowest BCUT2D eigenvalue weighted by Gasteiger charge is -2.16. The smallest absolute Gasteiger partial charge is 0.259 e. The zero-order chi connectivity index (χ0) is 15.2. The van der Waals surface area contributed by atoms with Gasteiger partial charge in [-0.05, 0) is 24.6 Å². The third-order valence-electron chi connectivity index (χ3n) is 2.99. The average Bonchev–Trinajstić information content (AvgIpc) is 2.90. The fourth-order valence-corrected chi connectivity index (χ4v) is 1.94. The summed E-state index contributed by atoms with van der Waals surface area (Å²) in [5.41, 5.74) is 2.24. The molecule has 0 unspecified atom stereocenters. The SMILES string of the molecule is Cc1oncc1C(=O)N(C)Cc1cccc(C#CCO)c1. The number of amides is 1. The number of aromatic nitrogens is 1. The molecule has 0 spiro atoms. The maximum Gasteiger partial charge on any atom is 0.259 e. The number of aliphatic hydroxyl groups is 1. The highest BCUT2D eigenvalue weighted by Gasteiger charge is 2.17. The largest absolute Gasteiger partial charge is 0.384 e. The minimum absolute atomic E-state index is 0.138. The first-order chi connectivity index (χ1) is 10.1. The van der Waals surface area contributed by atoms with Crippen LogP contribution in [0.15, 0.2) is 35.0 Å². The fourth-order valence-electron chi connectivity index (χ4n) is 1.94. The van der Waals surface area contributed by atoms with Crippen molar-refractivity contribution in [2.75, 3.05) is 13.7 Å². The van der Waals surface area contributed by atoms with E-state index < -0.39 is 0 Å². The van der Waals surface area contributed by atoms with Gasteiger partial charge in [-0.25, -0.2) is 0 Å². The van der Waals surface area contributed by atoms with E-state index in [1.165, 1.54) is 6.20 Å². The van der Waals surface area contributed by atoms with Crippen LogP contribution in [-0.4, -0.2) is 34.7 Å². The van der Waals surface area contributed by atoms with E-state index in [-0.39, 0.29) is 12.5 Å². The molecule has 2 aromatic rings. The molecule has 1 aromatic carbocycles. The first kappa shape index (κ1) is 14.8. The Kier molecular flexibility index (Phi) is 4.75. The van der Waals surface area contributed by atoms with E-state index in [0.29, 0.717) is 17.9 Å². The molecular weight excluding hydrogens is 268 g/mol. The summed E-state index contributed by atoms with van der Waals surface area (Å²) in [6.45, 7) is 1.99. The van der Waals surface area contributed by atoms with Crippen LogP contribution < -0.4 is 0 Å². The Labute approximate surface area is 123 Å². The van der Waals surface area contributed by atoms with E-state index in [9.17, 15) is 4.79 Å². The molecule has 1 aromatic heterocycles. The van der Waals surface area contributed by atoms with E-state index in [1.54, 1.807) is 18.9 Å². The van der Waals surface area contributed by atoms with Crippen LogP contribution in [0.4, 0.5) is 0 Å². The van der Waals surface area contributed by atoms with E-state index >= 15 is 0 Å². The summed E-state index contributed by atoms with van der Waals surface area (Å²) in [7, 11) is 1.72. The summed E-state index contributed by atoms with van der Waals surface area (Å²) in [5.74, 6) is 5.82. The van der Waals surface area contributed by atoms with E-state index in [1.807, 2.05) is 24.3 Å². The zero-order valence-corrected chi connectivity index (χ0v) is 12.0. The molecule has 0 aliphatic heterocycles. The van der Waals surface area contributed by atoms with Gasteiger partial charge in [-0.1, -0.05) is 29.1 Å².